The summed E-state index contributed by atoms with van der Waals surface area (Å²) in [6.07, 6.45) is 6.76. The summed E-state index contributed by atoms with van der Waals surface area (Å²) in [6.45, 7) is 1.69. The molecule has 2 aromatic heterocycles. The first-order chi connectivity index (χ1) is 15.5. The van der Waals surface area contributed by atoms with Gasteiger partial charge in [-0.2, -0.15) is 10.5 Å². The molecule has 32 heavy (non-hydrogen) atoms. The van der Waals surface area contributed by atoms with E-state index >= 15 is 0 Å². The maximum atomic E-state index is 13.5. The smallest absolute Gasteiger partial charge is 0.226 e. The number of rotatable bonds is 5. The standard InChI is InChI=1S/C24H22FN5OS/c1-14-9-16(7-8-20(14)25)23-29-17(12-31-23)13-32-24-19(11-27)21(15-5-3-2-4-6-15)18(10-26)22(28)30-24/h7-9,12,15H,2-6,13H2,1H3,(H2,28,30). The predicted octanol–water partition coefficient (Wildman–Crippen LogP) is 5.85. The van der Waals surface area contributed by atoms with Crippen molar-refractivity contribution in [1.82, 2.24) is 9.97 Å². The van der Waals surface area contributed by atoms with Crippen molar-refractivity contribution in [1.29, 1.82) is 10.5 Å². The van der Waals surface area contributed by atoms with Gasteiger partial charge in [0.05, 0.1) is 16.8 Å². The number of aryl methyl sites for hydroxylation is 1. The third kappa shape index (κ3) is 4.32. The molecule has 6 nitrogen and oxygen atoms in total. The number of nitrogen functional groups attached to an aromatic ring is 1. The van der Waals surface area contributed by atoms with Crippen LogP contribution in [0.5, 0.6) is 0 Å². The zero-order valence-electron chi connectivity index (χ0n) is 17.7. The van der Waals surface area contributed by atoms with Crippen molar-refractivity contribution in [3.63, 3.8) is 0 Å². The van der Waals surface area contributed by atoms with Gasteiger partial charge in [-0.25, -0.2) is 14.4 Å². The number of halogens is 1. The number of nitrogens with zero attached hydrogens (tertiary/aromatic N) is 4. The molecular formula is C24H22FN5OS. The Morgan fingerprint density at radius 3 is 2.59 bits per heavy atom. The van der Waals surface area contributed by atoms with Crippen molar-refractivity contribution in [3.05, 3.63) is 58.2 Å². The highest BCUT2D eigenvalue weighted by Crippen LogP contribution is 2.40. The molecule has 0 radical (unpaired) electrons. The van der Waals surface area contributed by atoms with E-state index in [4.69, 9.17) is 10.2 Å². The summed E-state index contributed by atoms with van der Waals surface area (Å²) < 4.78 is 19.1. The van der Waals surface area contributed by atoms with Crippen molar-refractivity contribution < 1.29 is 8.81 Å². The van der Waals surface area contributed by atoms with Crippen LogP contribution < -0.4 is 5.73 Å². The van der Waals surface area contributed by atoms with Gasteiger partial charge >= 0.3 is 0 Å². The summed E-state index contributed by atoms with van der Waals surface area (Å²) in [4.78, 5) is 8.85. The Kier molecular flexibility index (Phi) is 6.43. The number of nitriles is 2. The Hall–Kier alpha value is -3.36. The van der Waals surface area contributed by atoms with Gasteiger partial charge in [-0.05, 0) is 55.0 Å². The highest BCUT2D eigenvalue weighted by Gasteiger charge is 2.27. The number of pyridine rings is 1. The van der Waals surface area contributed by atoms with Crippen LogP contribution in [0, 0.1) is 35.4 Å². The van der Waals surface area contributed by atoms with Crippen molar-refractivity contribution in [3.8, 4) is 23.6 Å². The lowest BCUT2D eigenvalue weighted by atomic mass is 9.80. The molecule has 162 valence electrons. The molecule has 1 aliphatic carbocycles. The van der Waals surface area contributed by atoms with Crippen LogP contribution in [0.3, 0.4) is 0 Å². The largest absolute Gasteiger partial charge is 0.444 e. The number of benzene rings is 1. The minimum absolute atomic E-state index is 0.151. The van der Waals surface area contributed by atoms with E-state index in [1.807, 2.05) is 0 Å². The van der Waals surface area contributed by atoms with Gasteiger partial charge in [0.1, 0.15) is 35.1 Å². The maximum Gasteiger partial charge on any atom is 0.226 e. The second-order valence-electron chi connectivity index (χ2n) is 7.92. The quantitative estimate of drug-likeness (QED) is 0.488. The first kappa shape index (κ1) is 21.9. The van der Waals surface area contributed by atoms with E-state index in [2.05, 4.69) is 22.1 Å². The molecule has 2 heterocycles. The lowest BCUT2D eigenvalue weighted by Crippen LogP contribution is -2.13. The molecule has 1 saturated carbocycles. The first-order valence-electron chi connectivity index (χ1n) is 10.5. The normalized spacial score (nSPS) is 14.1. The molecule has 0 spiro atoms. The third-order valence-electron chi connectivity index (χ3n) is 5.78. The molecule has 0 aliphatic heterocycles. The van der Waals surface area contributed by atoms with Crippen molar-refractivity contribution in [2.24, 2.45) is 0 Å². The predicted molar refractivity (Wildman–Crippen MR) is 120 cm³/mol. The molecule has 1 aromatic carbocycles. The lowest BCUT2D eigenvalue weighted by molar-refractivity contribution is 0.442. The van der Waals surface area contributed by atoms with E-state index in [1.54, 1.807) is 25.3 Å². The fourth-order valence-electron chi connectivity index (χ4n) is 4.15. The highest BCUT2D eigenvalue weighted by molar-refractivity contribution is 7.98. The Balaban J connectivity index is 1.60. The molecule has 0 bridgehead atoms. The Morgan fingerprint density at radius 1 is 1.16 bits per heavy atom. The van der Waals surface area contributed by atoms with Gasteiger partial charge in [-0.3, -0.25) is 0 Å². The van der Waals surface area contributed by atoms with E-state index in [0.717, 1.165) is 31.2 Å². The highest BCUT2D eigenvalue weighted by atomic mass is 32.2. The molecule has 0 amide bonds. The van der Waals surface area contributed by atoms with Gasteiger partial charge in [0.25, 0.3) is 0 Å². The molecule has 1 fully saturated rings. The molecule has 8 heteroatoms. The summed E-state index contributed by atoms with van der Waals surface area (Å²) in [6, 6.07) is 9.13. The van der Waals surface area contributed by atoms with E-state index in [9.17, 15) is 14.9 Å². The summed E-state index contributed by atoms with van der Waals surface area (Å²) in [5.74, 6) is 0.855. The minimum Gasteiger partial charge on any atom is -0.444 e. The topological polar surface area (TPSA) is 113 Å². The second kappa shape index (κ2) is 9.42. The lowest BCUT2D eigenvalue weighted by Gasteiger charge is -2.25. The van der Waals surface area contributed by atoms with Crippen LogP contribution in [0.4, 0.5) is 10.2 Å². The number of oxazole rings is 1. The molecule has 4 rings (SSSR count). The van der Waals surface area contributed by atoms with Crippen LogP contribution in [0.2, 0.25) is 0 Å². The second-order valence-corrected chi connectivity index (χ2v) is 8.89. The number of hydrogen-bond donors (Lipinski definition) is 1. The van der Waals surface area contributed by atoms with Crippen LogP contribution in [0.1, 0.15) is 66.0 Å². The summed E-state index contributed by atoms with van der Waals surface area (Å²) in [7, 11) is 0. The van der Waals surface area contributed by atoms with Gasteiger partial charge in [-0.1, -0.05) is 31.0 Å². The van der Waals surface area contributed by atoms with Gasteiger partial charge < -0.3 is 10.2 Å². The zero-order chi connectivity index (χ0) is 22.7. The van der Waals surface area contributed by atoms with Gasteiger partial charge in [0.2, 0.25) is 5.89 Å². The summed E-state index contributed by atoms with van der Waals surface area (Å²) in [5, 5.41) is 20.1. The van der Waals surface area contributed by atoms with E-state index in [0.29, 0.717) is 44.6 Å². The molecule has 0 atom stereocenters. The van der Waals surface area contributed by atoms with E-state index < -0.39 is 0 Å². The molecule has 0 saturated heterocycles. The fraction of sp³-hybridized carbons (Fsp3) is 0.333. The number of anilines is 1. The van der Waals surface area contributed by atoms with Crippen molar-refractivity contribution in [2.45, 2.75) is 55.7 Å². The number of hydrogen-bond acceptors (Lipinski definition) is 7. The summed E-state index contributed by atoms with van der Waals surface area (Å²) in [5.41, 5.74) is 9.50. The van der Waals surface area contributed by atoms with E-state index in [-0.39, 0.29) is 17.6 Å². The van der Waals surface area contributed by atoms with Crippen molar-refractivity contribution >= 4 is 17.6 Å². The van der Waals surface area contributed by atoms with E-state index in [1.165, 1.54) is 24.2 Å². The van der Waals surface area contributed by atoms with Crippen LogP contribution in [0.15, 0.2) is 33.9 Å². The van der Waals surface area contributed by atoms with Gasteiger partial charge in [0, 0.05) is 11.3 Å². The number of nitrogens with two attached hydrogens (primary N) is 1. The molecular weight excluding hydrogens is 425 g/mol. The van der Waals surface area contributed by atoms with Gasteiger partial charge in [0.15, 0.2) is 0 Å². The molecule has 0 unspecified atom stereocenters. The monoisotopic (exact) mass is 447 g/mol. The average Bonchev–Trinajstić information content (AvgIpc) is 3.28. The van der Waals surface area contributed by atoms with Crippen LogP contribution in [-0.2, 0) is 5.75 Å². The fourth-order valence-corrected chi connectivity index (χ4v) is 5.03. The maximum absolute atomic E-state index is 13.5. The van der Waals surface area contributed by atoms with Crippen LogP contribution in [0.25, 0.3) is 11.5 Å². The Morgan fingerprint density at radius 2 is 1.91 bits per heavy atom. The van der Waals surface area contributed by atoms with Crippen molar-refractivity contribution in [2.75, 3.05) is 5.73 Å². The zero-order valence-corrected chi connectivity index (χ0v) is 18.5. The number of aromatic nitrogens is 2. The molecule has 1 aliphatic rings. The van der Waals surface area contributed by atoms with Crippen LogP contribution in [-0.4, -0.2) is 9.97 Å². The number of thioether (sulfide) groups is 1. The minimum atomic E-state index is -0.279. The average molecular weight is 448 g/mol. The Bertz CT molecular complexity index is 1230. The first-order valence-corrected chi connectivity index (χ1v) is 11.5. The summed E-state index contributed by atoms with van der Waals surface area (Å²) >= 11 is 1.34. The Labute approximate surface area is 190 Å². The molecule has 2 N–H and O–H groups in total. The van der Waals surface area contributed by atoms with Crippen LogP contribution >= 0.6 is 11.8 Å². The SMILES string of the molecule is Cc1cc(-c2nc(CSc3nc(N)c(C#N)c(C4CCCCC4)c3C#N)co2)ccc1F. The third-order valence-corrected chi connectivity index (χ3v) is 6.79. The molecule has 3 aromatic rings. The van der Waals surface area contributed by atoms with Gasteiger partial charge in [-0.15, -0.1) is 0 Å².